The summed E-state index contributed by atoms with van der Waals surface area (Å²) < 4.78 is 19.0. The van der Waals surface area contributed by atoms with Gasteiger partial charge in [-0.25, -0.2) is 4.39 Å². The molecule has 0 saturated carbocycles. The molecule has 0 atom stereocenters. The van der Waals surface area contributed by atoms with Crippen molar-refractivity contribution in [3.63, 3.8) is 0 Å². The van der Waals surface area contributed by atoms with Crippen LogP contribution in [0.2, 0.25) is 15.1 Å². The predicted molar refractivity (Wildman–Crippen MR) is 81.8 cm³/mol. The van der Waals surface area contributed by atoms with E-state index in [1.807, 2.05) is 0 Å². The van der Waals surface area contributed by atoms with Gasteiger partial charge >= 0.3 is 0 Å². The summed E-state index contributed by atoms with van der Waals surface area (Å²) in [6.45, 7) is 0. The number of hydrogen-bond donors (Lipinski definition) is 1. The highest BCUT2D eigenvalue weighted by atomic mass is 35.5. The zero-order valence-corrected chi connectivity index (χ0v) is 13.0. The van der Waals surface area contributed by atoms with Crippen molar-refractivity contribution >= 4 is 40.5 Å². The van der Waals surface area contributed by atoms with E-state index in [1.165, 1.54) is 25.3 Å². The first kappa shape index (κ1) is 15.9. The molecule has 2 aromatic rings. The Morgan fingerprint density at radius 2 is 1.76 bits per heavy atom. The zero-order chi connectivity index (χ0) is 15.6. The number of halogens is 4. The molecule has 110 valence electrons. The van der Waals surface area contributed by atoms with Crippen molar-refractivity contribution in [2.24, 2.45) is 5.16 Å². The molecule has 0 bridgehead atoms. The molecular formula is C14H9Cl3FNO2. The molecule has 0 radical (unpaired) electrons. The minimum absolute atomic E-state index is 0.0463. The largest absolute Gasteiger partial charge is 0.495 e. The third kappa shape index (κ3) is 3.07. The van der Waals surface area contributed by atoms with Crippen LogP contribution in [0, 0.1) is 5.82 Å². The molecule has 0 aliphatic carbocycles. The van der Waals surface area contributed by atoms with E-state index in [9.17, 15) is 9.60 Å². The molecule has 0 aliphatic heterocycles. The Labute approximate surface area is 135 Å². The van der Waals surface area contributed by atoms with Gasteiger partial charge in [-0.1, -0.05) is 40.0 Å². The Bertz CT molecular complexity index is 720. The number of methoxy groups -OCH3 is 1. The Kier molecular flexibility index (Phi) is 4.93. The average Bonchev–Trinajstić information content (AvgIpc) is 2.46. The number of oxime groups is 1. The summed E-state index contributed by atoms with van der Waals surface area (Å²) in [7, 11) is 1.44. The van der Waals surface area contributed by atoms with Gasteiger partial charge in [0.05, 0.1) is 12.1 Å². The molecule has 7 heteroatoms. The molecule has 1 N–H and O–H groups in total. The van der Waals surface area contributed by atoms with Crippen LogP contribution in [-0.2, 0) is 0 Å². The summed E-state index contributed by atoms with van der Waals surface area (Å²) in [5.74, 6) is -0.280. The van der Waals surface area contributed by atoms with E-state index in [4.69, 9.17) is 39.5 Å². The first-order chi connectivity index (χ1) is 9.99. The second-order valence-corrected chi connectivity index (χ2v) is 5.21. The van der Waals surface area contributed by atoms with E-state index in [2.05, 4.69) is 5.16 Å². The minimum atomic E-state index is -0.640. The van der Waals surface area contributed by atoms with Gasteiger partial charge in [-0.2, -0.15) is 0 Å². The van der Waals surface area contributed by atoms with Crippen molar-refractivity contribution in [2.75, 3.05) is 7.11 Å². The van der Waals surface area contributed by atoms with E-state index in [-0.39, 0.29) is 31.9 Å². The molecule has 0 amide bonds. The quantitative estimate of drug-likeness (QED) is 0.481. The van der Waals surface area contributed by atoms with Gasteiger partial charge in [-0.15, -0.1) is 0 Å². The number of rotatable bonds is 3. The highest BCUT2D eigenvalue weighted by Gasteiger charge is 2.19. The number of nitrogens with zero attached hydrogens (tertiary/aromatic N) is 1. The van der Waals surface area contributed by atoms with E-state index in [1.54, 1.807) is 6.07 Å². The lowest BCUT2D eigenvalue weighted by Crippen LogP contribution is -2.07. The van der Waals surface area contributed by atoms with Crippen LogP contribution in [0.4, 0.5) is 4.39 Å². The van der Waals surface area contributed by atoms with E-state index < -0.39 is 5.82 Å². The van der Waals surface area contributed by atoms with Crippen LogP contribution in [0.15, 0.2) is 35.5 Å². The number of hydrogen-bond acceptors (Lipinski definition) is 3. The van der Waals surface area contributed by atoms with Crippen LogP contribution in [0.1, 0.15) is 11.1 Å². The molecule has 21 heavy (non-hydrogen) atoms. The van der Waals surface area contributed by atoms with Crippen LogP contribution in [-0.4, -0.2) is 18.0 Å². The third-order valence-corrected chi connectivity index (χ3v) is 3.91. The van der Waals surface area contributed by atoms with Gasteiger partial charge in [0.2, 0.25) is 0 Å². The topological polar surface area (TPSA) is 41.8 Å². The Hall–Kier alpha value is -1.49. The van der Waals surface area contributed by atoms with Gasteiger partial charge in [0.25, 0.3) is 0 Å². The maximum atomic E-state index is 14.0. The molecule has 0 saturated heterocycles. The molecular weight excluding hydrogens is 340 g/mol. The first-order valence-corrected chi connectivity index (χ1v) is 6.82. The normalized spacial score (nSPS) is 11.6. The fourth-order valence-electron chi connectivity index (χ4n) is 1.81. The Morgan fingerprint density at radius 3 is 2.33 bits per heavy atom. The monoisotopic (exact) mass is 347 g/mol. The SMILES string of the molecule is COc1ccc(C(=NO)c2ccc(Cl)cc2F)c(Cl)c1Cl. The fraction of sp³-hybridized carbons (Fsp3) is 0.0714. The standard InChI is InChI=1S/C14H9Cl3FNO2/c1-21-11-5-4-9(12(16)13(11)17)14(19-20)8-3-2-7(15)6-10(8)18/h2-6,20H,1H3. The Morgan fingerprint density at radius 1 is 1.10 bits per heavy atom. The fourth-order valence-corrected chi connectivity index (χ4v) is 2.45. The molecule has 0 unspecified atom stereocenters. The number of ether oxygens (including phenoxy) is 1. The lowest BCUT2D eigenvalue weighted by atomic mass is 10.0. The van der Waals surface area contributed by atoms with Crippen molar-refractivity contribution in [3.05, 3.63) is 62.3 Å². The molecule has 0 aromatic heterocycles. The highest BCUT2D eigenvalue weighted by Crippen LogP contribution is 2.36. The Balaban J connectivity index is 2.60. The zero-order valence-electron chi connectivity index (χ0n) is 10.7. The van der Waals surface area contributed by atoms with Gasteiger partial charge in [-0.05, 0) is 30.3 Å². The van der Waals surface area contributed by atoms with Crippen LogP contribution in [0.3, 0.4) is 0 Å². The number of benzene rings is 2. The summed E-state index contributed by atoms with van der Waals surface area (Å²) >= 11 is 17.9. The lowest BCUT2D eigenvalue weighted by Gasteiger charge is -2.11. The summed E-state index contributed by atoms with van der Waals surface area (Å²) in [6.07, 6.45) is 0. The highest BCUT2D eigenvalue weighted by molar-refractivity contribution is 6.45. The van der Waals surface area contributed by atoms with Gasteiger partial charge in [0, 0.05) is 16.1 Å². The van der Waals surface area contributed by atoms with E-state index in [0.717, 1.165) is 6.07 Å². The summed E-state index contributed by atoms with van der Waals surface area (Å²) in [5, 5.41) is 12.8. The van der Waals surface area contributed by atoms with Gasteiger partial charge in [-0.3, -0.25) is 0 Å². The molecule has 0 heterocycles. The maximum absolute atomic E-state index is 14.0. The van der Waals surface area contributed by atoms with Gasteiger partial charge in [0.1, 0.15) is 22.3 Å². The average molecular weight is 349 g/mol. The summed E-state index contributed by atoms with van der Waals surface area (Å²) in [5.41, 5.74) is 0.259. The molecule has 0 fully saturated rings. The van der Waals surface area contributed by atoms with Crippen molar-refractivity contribution < 1.29 is 14.3 Å². The van der Waals surface area contributed by atoms with Gasteiger partial charge < -0.3 is 9.94 Å². The molecule has 0 spiro atoms. The van der Waals surface area contributed by atoms with E-state index >= 15 is 0 Å². The van der Waals surface area contributed by atoms with Crippen LogP contribution in [0.5, 0.6) is 5.75 Å². The van der Waals surface area contributed by atoms with Crippen molar-refractivity contribution in [1.82, 2.24) is 0 Å². The second kappa shape index (κ2) is 6.52. The first-order valence-electron chi connectivity index (χ1n) is 5.69. The summed E-state index contributed by atoms with van der Waals surface area (Å²) in [4.78, 5) is 0. The van der Waals surface area contributed by atoms with Crippen molar-refractivity contribution in [3.8, 4) is 5.75 Å². The molecule has 2 aromatic carbocycles. The second-order valence-electron chi connectivity index (χ2n) is 4.02. The lowest BCUT2D eigenvalue weighted by molar-refractivity contribution is 0.319. The van der Waals surface area contributed by atoms with Crippen molar-refractivity contribution in [1.29, 1.82) is 0 Å². The predicted octanol–water partition coefficient (Wildman–Crippen LogP) is 5.02. The van der Waals surface area contributed by atoms with Crippen LogP contribution in [0.25, 0.3) is 0 Å². The smallest absolute Gasteiger partial charge is 0.139 e. The molecule has 2 rings (SSSR count). The van der Waals surface area contributed by atoms with Gasteiger partial charge in [0.15, 0.2) is 0 Å². The van der Waals surface area contributed by atoms with Crippen LogP contribution < -0.4 is 4.74 Å². The van der Waals surface area contributed by atoms with Crippen LogP contribution >= 0.6 is 34.8 Å². The maximum Gasteiger partial charge on any atom is 0.139 e. The molecule has 0 aliphatic rings. The van der Waals surface area contributed by atoms with Crippen molar-refractivity contribution in [2.45, 2.75) is 0 Å². The third-order valence-electron chi connectivity index (χ3n) is 2.81. The minimum Gasteiger partial charge on any atom is -0.495 e. The molecule has 3 nitrogen and oxygen atoms in total. The van der Waals surface area contributed by atoms with E-state index in [0.29, 0.717) is 5.75 Å². The summed E-state index contributed by atoms with van der Waals surface area (Å²) in [6, 6.07) is 7.05.